The van der Waals surface area contributed by atoms with Gasteiger partial charge >= 0.3 is 0 Å². The van der Waals surface area contributed by atoms with Crippen LogP contribution >= 0.6 is 0 Å². The lowest BCUT2D eigenvalue weighted by Gasteiger charge is -2.20. The average molecular weight is 290 g/mol. The van der Waals surface area contributed by atoms with Crippen molar-refractivity contribution in [1.29, 1.82) is 0 Å². The highest BCUT2D eigenvalue weighted by atomic mass is 16.5. The fourth-order valence-electron chi connectivity index (χ4n) is 2.02. The van der Waals surface area contributed by atoms with Crippen LogP contribution in [0.1, 0.15) is 31.4 Å². The summed E-state index contributed by atoms with van der Waals surface area (Å²) in [7, 11) is 0. The molecule has 0 spiro atoms. The van der Waals surface area contributed by atoms with Crippen molar-refractivity contribution < 1.29 is 9.53 Å². The summed E-state index contributed by atoms with van der Waals surface area (Å²) in [5.41, 5.74) is 8.10. The van der Waals surface area contributed by atoms with Crippen LogP contribution in [0.2, 0.25) is 0 Å². The number of hydrogen-bond donors (Lipinski definition) is 2. The normalized spacial score (nSPS) is 13.3. The molecule has 1 rings (SSSR count). The van der Waals surface area contributed by atoms with Gasteiger partial charge in [-0.2, -0.15) is 0 Å². The van der Waals surface area contributed by atoms with Crippen LogP contribution in [-0.4, -0.2) is 24.6 Å². The van der Waals surface area contributed by atoms with E-state index in [1.165, 1.54) is 0 Å². The van der Waals surface area contributed by atoms with Gasteiger partial charge in [0.05, 0.1) is 0 Å². The first-order valence-corrected chi connectivity index (χ1v) is 7.38. The number of para-hydroxylation sites is 1. The molecule has 0 fully saturated rings. The number of carbonyl (C=O) groups is 1. The molecule has 1 aromatic rings. The third-order valence-corrected chi connectivity index (χ3v) is 3.38. The summed E-state index contributed by atoms with van der Waals surface area (Å²) < 4.78 is 5.88. The molecule has 2 unspecified atom stereocenters. The first kappa shape index (κ1) is 17.2. The van der Waals surface area contributed by atoms with Gasteiger partial charge in [-0.05, 0) is 37.8 Å². The lowest BCUT2D eigenvalue weighted by Crippen LogP contribution is -2.36. The topological polar surface area (TPSA) is 64.3 Å². The molecule has 0 saturated carbocycles. The summed E-state index contributed by atoms with van der Waals surface area (Å²) in [5.74, 6) is 0.617. The van der Waals surface area contributed by atoms with Gasteiger partial charge < -0.3 is 15.8 Å². The van der Waals surface area contributed by atoms with Gasteiger partial charge in [0, 0.05) is 12.6 Å². The summed E-state index contributed by atoms with van der Waals surface area (Å²) in [6, 6.07) is 6.07. The number of ether oxygens (including phenoxy) is 1. The highest BCUT2D eigenvalue weighted by molar-refractivity contribution is 5.80. The third-order valence-electron chi connectivity index (χ3n) is 3.38. The molecule has 1 aromatic carbocycles. The minimum Gasteiger partial charge on any atom is -0.480 e. The van der Waals surface area contributed by atoms with E-state index in [9.17, 15) is 4.79 Å². The fourth-order valence-corrected chi connectivity index (χ4v) is 2.02. The SMILES string of the molecule is C=CCNC(=O)C(C)Oc1c(C)cccc1CC(N)CC. The summed E-state index contributed by atoms with van der Waals surface area (Å²) >= 11 is 0. The van der Waals surface area contributed by atoms with Gasteiger partial charge in [-0.25, -0.2) is 0 Å². The molecular formula is C17H26N2O2. The minimum atomic E-state index is -0.553. The quantitative estimate of drug-likeness (QED) is 0.722. The molecule has 0 heterocycles. The lowest BCUT2D eigenvalue weighted by atomic mass is 10.0. The number of hydrogen-bond acceptors (Lipinski definition) is 3. The maximum Gasteiger partial charge on any atom is 0.261 e. The van der Waals surface area contributed by atoms with Crippen molar-refractivity contribution in [1.82, 2.24) is 5.32 Å². The Labute approximate surface area is 127 Å². The van der Waals surface area contributed by atoms with Crippen molar-refractivity contribution in [2.45, 2.75) is 45.8 Å². The maximum absolute atomic E-state index is 11.9. The molecular weight excluding hydrogens is 264 g/mol. The van der Waals surface area contributed by atoms with Crippen molar-refractivity contribution in [3.63, 3.8) is 0 Å². The van der Waals surface area contributed by atoms with E-state index in [1.54, 1.807) is 13.0 Å². The minimum absolute atomic E-state index is 0.0963. The Morgan fingerprint density at radius 2 is 2.24 bits per heavy atom. The zero-order chi connectivity index (χ0) is 15.8. The largest absolute Gasteiger partial charge is 0.480 e. The van der Waals surface area contributed by atoms with E-state index in [0.29, 0.717) is 6.54 Å². The molecule has 4 heteroatoms. The second-order valence-electron chi connectivity index (χ2n) is 5.23. The molecule has 2 atom stereocenters. The van der Waals surface area contributed by atoms with Gasteiger partial charge in [-0.1, -0.05) is 31.2 Å². The number of nitrogens with one attached hydrogen (secondary N) is 1. The van der Waals surface area contributed by atoms with Crippen LogP contribution in [0.4, 0.5) is 0 Å². The molecule has 0 aromatic heterocycles. The molecule has 0 aliphatic heterocycles. The molecule has 0 aliphatic rings. The van der Waals surface area contributed by atoms with E-state index in [4.69, 9.17) is 10.5 Å². The highest BCUT2D eigenvalue weighted by Crippen LogP contribution is 2.26. The first-order chi connectivity index (χ1) is 9.99. The van der Waals surface area contributed by atoms with Crippen LogP contribution in [-0.2, 0) is 11.2 Å². The third kappa shape index (κ3) is 5.23. The number of benzene rings is 1. The highest BCUT2D eigenvalue weighted by Gasteiger charge is 2.17. The van der Waals surface area contributed by atoms with Gasteiger partial charge in [0.25, 0.3) is 5.91 Å². The maximum atomic E-state index is 11.9. The van der Waals surface area contributed by atoms with Crippen molar-refractivity contribution in [3.8, 4) is 5.75 Å². The van der Waals surface area contributed by atoms with Crippen LogP contribution in [0.15, 0.2) is 30.9 Å². The second-order valence-corrected chi connectivity index (χ2v) is 5.23. The Kier molecular flexibility index (Phi) is 6.96. The summed E-state index contributed by atoms with van der Waals surface area (Å²) in [5, 5.41) is 2.74. The van der Waals surface area contributed by atoms with Crippen LogP contribution < -0.4 is 15.8 Å². The smallest absolute Gasteiger partial charge is 0.261 e. The molecule has 1 amide bonds. The molecule has 21 heavy (non-hydrogen) atoms. The Morgan fingerprint density at radius 1 is 1.52 bits per heavy atom. The molecule has 0 radical (unpaired) electrons. The summed E-state index contributed by atoms with van der Waals surface area (Å²) in [4.78, 5) is 11.9. The van der Waals surface area contributed by atoms with Crippen molar-refractivity contribution in [2.24, 2.45) is 5.73 Å². The number of carbonyl (C=O) groups excluding carboxylic acids is 1. The van der Waals surface area contributed by atoms with Gasteiger partial charge in [0.15, 0.2) is 6.10 Å². The van der Waals surface area contributed by atoms with Crippen LogP contribution in [0.3, 0.4) is 0 Å². The Morgan fingerprint density at radius 3 is 2.86 bits per heavy atom. The Balaban J connectivity index is 2.85. The fraction of sp³-hybridized carbons (Fsp3) is 0.471. The molecule has 4 nitrogen and oxygen atoms in total. The number of amides is 1. The summed E-state index contributed by atoms with van der Waals surface area (Å²) in [6.07, 6.45) is 2.74. The number of aryl methyl sites for hydroxylation is 1. The molecule has 3 N–H and O–H groups in total. The zero-order valence-electron chi connectivity index (χ0n) is 13.2. The standard InChI is InChI=1S/C17H26N2O2/c1-5-10-19-17(20)13(4)21-16-12(3)8-7-9-14(16)11-15(18)6-2/h5,7-9,13,15H,1,6,10-11,18H2,2-4H3,(H,19,20). The monoisotopic (exact) mass is 290 g/mol. The van der Waals surface area contributed by atoms with Crippen LogP contribution in [0, 0.1) is 6.92 Å². The Bertz CT molecular complexity index is 486. The lowest BCUT2D eigenvalue weighted by molar-refractivity contribution is -0.127. The van der Waals surface area contributed by atoms with Crippen molar-refractivity contribution >= 4 is 5.91 Å². The molecule has 0 saturated heterocycles. The summed E-state index contributed by atoms with van der Waals surface area (Å²) in [6.45, 7) is 9.80. The van der Waals surface area contributed by atoms with E-state index >= 15 is 0 Å². The molecule has 0 bridgehead atoms. The Hall–Kier alpha value is -1.81. The predicted molar refractivity (Wildman–Crippen MR) is 86.4 cm³/mol. The van der Waals surface area contributed by atoms with Gasteiger partial charge in [0.1, 0.15) is 5.75 Å². The number of rotatable bonds is 8. The first-order valence-electron chi connectivity index (χ1n) is 7.38. The zero-order valence-corrected chi connectivity index (χ0v) is 13.2. The van der Waals surface area contributed by atoms with E-state index in [0.717, 1.165) is 29.7 Å². The molecule has 116 valence electrons. The van der Waals surface area contributed by atoms with E-state index in [2.05, 4.69) is 18.8 Å². The van der Waals surface area contributed by atoms with E-state index < -0.39 is 6.10 Å². The van der Waals surface area contributed by atoms with Crippen molar-refractivity contribution in [2.75, 3.05) is 6.54 Å². The van der Waals surface area contributed by atoms with Crippen LogP contribution in [0.5, 0.6) is 5.75 Å². The van der Waals surface area contributed by atoms with E-state index in [-0.39, 0.29) is 11.9 Å². The average Bonchev–Trinajstić information content (AvgIpc) is 2.47. The molecule has 0 aliphatic carbocycles. The van der Waals surface area contributed by atoms with E-state index in [1.807, 2.05) is 25.1 Å². The van der Waals surface area contributed by atoms with Crippen molar-refractivity contribution in [3.05, 3.63) is 42.0 Å². The number of nitrogens with two attached hydrogens (primary N) is 1. The predicted octanol–water partition coefficient (Wildman–Crippen LogP) is 2.34. The van der Waals surface area contributed by atoms with Gasteiger partial charge in [-0.3, -0.25) is 4.79 Å². The second kappa shape index (κ2) is 8.47. The van der Waals surface area contributed by atoms with Crippen LogP contribution in [0.25, 0.3) is 0 Å². The van der Waals surface area contributed by atoms with Gasteiger partial charge in [0.2, 0.25) is 0 Å². The van der Waals surface area contributed by atoms with Gasteiger partial charge in [-0.15, -0.1) is 6.58 Å².